The quantitative estimate of drug-likeness (QED) is 0.860. The van der Waals surface area contributed by atoms with Crippen LogP contribution < -0.4 is 5.14 Å². The van der Waals surface area contributed by atoms with Crippen molar-refractivity contribution in [3.63, 3.8) is 0 Å². The van der Waals surface area contributed by atoms with Crippen LogP contribution in [0.1, 0.15) is 12.0 Å². The van der Waals surface area contributed by atoms with E-state index in [9.17, 15) is 8.42 Å². The molecule has 1 aliphatic rings. The van der Waals surface area contributed by atoms with Gasteiger partial charge in [0.2, 0.25) is 0 Å². The second kappa shape index (κ2) is 5.36. The van der Waals surface area contributed by atoms with Crippen LogP contribution in [0.15, 0.2) is 30.3 Å². The molecule has 100 valence electrons. The Morgan fingerprint density at radius 1 is 1.39 bits per heavy atom. The highest BCUT2D eigenvalue weighted by Gasteiger charge is 2.30. The lowest BCUT2D eigenvalue weighted by atomic mass is 10.2. The van der Waals surface area contributed by atoms with Gasteiger partial charge >= 0.3 is 0 Å². The molecule has 0 bridgehead atoms. The van der Waals surface area contributed by atoms with Crippen LogP contribution in [-0.2, 0) is 16.8 Å². The monoisotopic (exact) mass is 269 g/mol. The Bertz CT molecular complexity index is 489. The van der Waals surface area contributed by atoms with E-state index in [2.05, 4.69) is 17.0 Å². The second-order valence-corrected chi connectivity index (χ2v) is 6.33. The first kappa shape index (κ1) is 13.5. The Hall–Kier alpha value is -0.950. The summed E-state index contributed by atoms with van der Waals surface area (Å²) in [5.41, 5.74) is 1.25. The fourth-order valence-electron chi connectivity index (χ4n) is 2.30. The summed E-state index contributed by atoms with van der Waals surface area (Å²) < 4.78 is 23.8. The van der Waals surface area contributed by atoms with Gasteiger partial charge in [-0.25, -0.2) is 5.14 Å². The number of hydrogen-bond donors (Lipinski definition) is 1. The van der Waals surface area contributed by atoms with Crippen LogP contribution in [0.25, 0.3) is 0 Å². The van der Waals surface area contributed by atoms with Crippen LogP contribution in [0, 0.1) is 0 Å². The average Bonchev–Trinajstić information content (AvgIpc) is 2.76. The minimum atomic E-state index is -3.58. The molecule has 1 atom stereocenters. The van der Waals surface area contributed by atoms with Crippen LogP contribution >= 0.6 is 0 Å². The first-order valence-corrected chi connectivity index (χ1v) is 7.49. The molecule has 0 aliphatic carbocycles. The lowest BCUT2D eigenvalue weighted by Crippen LogP contribution is -2.42. The molecule has 5 nitrogen and oxygen atoms in total. The van der Waals surface area contributed by atoms with Crippen LogP contribution in [0.2, 0.25) is 0 Å². The first-order valence-electron chi connectivity index (χ1n) is 5.99. The zero-order valence-corrected chi connectivity index (χ0v) is 11.3. The van der Waals surface area contributed by atoms with Crippen molar-refractivity contribution in [3.8, 4) is 0 Å². The van der Waals surface area contributed by atoms with Crippen molar-refractivity contribution >= 4 is 10.2 Å². The predicted octanol–water partition coefficient (Wildman–Crippen LogP) is 0.396. The highest BCUT2D eigenvalue weighted by atomic mass is 32.2. The summed E-state index contributed by atoms with van der Waals surface area (Å²) in [5, 5.41) is 5.14. The fourth-order valence-corrected chi connectivity index (χ4v) is 2.89. The first-order chi connectivity index (χ1) is 8.47. The van der Waals surface area contributed by atoms with Crippen LogP contribution in [0.4, 0.5) is 0 Å². The van der Waals surface area contributed by atoms with E-state index in [1.165, 1.54) is 9.87 Å². The van der Waals surface area contributed by atoms with Gasteiger partial charge in [-0.05, 0) is 12.0 Å². The van der Waals surface area contributed by atoms with Gasteiger partial charge in [-0.1, -0.05) is 30.3 Å². The molecule has 1 fully saturated rings. The smallest absolute Gasteiger partial charge is 0.276 e. The summed E-state index contributed by atoms with van der Waals surface area (Å²) in [6.07, 6.45) is 0.833. The van der Waals surface area contributed by atoms with E-state index in [0.717, 1.165) is 26.1 Å². The maximum absolute atomic E-state index is 11.3. The van der Waals surface area contributed by atoms with Crippen molar-refractivity contribution in [1.29, 1.82) is 0 Å². The number of hydrogen-bond acceptors (Lipinski definition) is 3. The van der Waals surface area contributed by atoms with Crippen molar-refractivity contribution in [2.75, 3.05) is 20.1 Å². The van der Waals surface area contributed by atoms with E-state index >= 15 is 0 Å². The minimum absolute atomic E-state index is 0.0105. The molecule has 18 heavy (non-hydrogen) atoms. The SMILES string of the molecule is CN(C1CCN(Cc2ccccc2)C1)S(N)(=O)=O. The maximum Gasteiger partial charge on any atom is 0.276 e. The normalized spacial score (nSPS) is 21.6. The van der Waals surface area contributed by atoms with E-state index in [1.54, 1.807) is 7.05 Å². The molecule has 0 amide bonds. The number of likely N-dealkylation sites (tertiary alicyclic amines) is 1. The molecule has 0 spiro atoms. The Balaban J connectivity index is 1.93. The Morgan fingerprint density at radius 3 is 2.67 bits per heavy atom. The maximum atomic E-state index is 11.3. The van der Waals surface area contributed by atoms with Gasteiger partial charge < -0.3 is 0 Å². The Kier molecular flexibility index (Phi) is 4.01. The summed E-state index contributed by atoms with van der Waals surface area (Å²) in [4.78, 5) is 2.25. The van der Waals surface area contributed by atoms with Gasteiger partial charge in [0, 0.05) is 32.7 Å². The van der Waals surface area contributed by atoms with E-state index < -0.39 is 10.2 Å². The van der Waals surface area contributed by atoms with Crippen molar-refractivity contribution in [1.82, 2.24) is 9.21 Å². The third kappa shape index (κ3) is 3.29. The molecule has 1 aliphatic heterocycles. The van der Waals surface area contributed by atoms with E-state index in [0.29, 0.717) is 0 Å². The molecule has 0 aromatic heterocycles. The molecule has 6 heteroatoms. The number of likely N-dealkylation sites (N-methyl/N-ethyl adjacent to an activating group) is 1. The van der Waals surface area contributed by atoms with Crippen molar-refractivity contribution in [2.24, 2.45) is 5.14 Å². The number of rotatable bonds is 4. The molecule has 1 aromatic rings. The number of nitrogens with zero attached hydrogens (tertiary/aromatic N) is 2. The number of benzene rings is 1. The lowest BCUT2D eigenvalue weighted by molar-refractivity contribution is 0.298. The third-order valence-electron chi connectivity index (χ3n) is 3.41. The molecule has 1 saturated heterocycles. The van der Waals surface area contributed by atoms with Gasteiger partial charge in [-0.3, -0.25) is 4.90 Å². The topological polar surface area (TPSA) is 66.6 Å². The second-order valence-electron chi connectivity index (χ2n) is 4.72. The van der Waals surface area contributed by atoms with Crippen LogP contribution in [-0.4, -0.2) is 43.8 Å². The van der Waals surface area contributed by atoms with Crippen molar-refractivity contribution in [2.45, 2.75) is 19.0 Å². The summed E-state index contributed by atoms with van der Waals surface area (Å²) in [6, 6.07) is 10.2. The van der Waals surface area contributed by atoms with Gasteiger partial charge in [0.15, 0.2) is 0 Å². The van der Waals surface area contributed by atoms with Gasteiger partial charge in [0.05, 0.1) is 0 Å². The largest absolute Gasteiger partial charge is 0.297 e. The molecular formula is C12H19N3O2S. The zero-order valence-electron chi connectivity index (χ0n) is 10.5. The lowest BCUT2D eigenvalue weighted by Gasteiger charge is -2.22. The molecule has 1 aromatic carbocycles. The third-order valence-corrected chi connectivity index (χ3v) is 4.51. The number of nitrogens with two attached hydrogens (primary N) is 1. The van der Waals surface area contributed by atoms with E-state index in [-0.39, 0.29) is 6.04 Å². The summed E-state index contributed by atoms with van der Waals surface area (Å²) in [7, 11) is -2.03. The average molecular weight is 269 g/mol. The summed E-state index contributed by atoms with van der Waals surface area (Å²) >= 11 is 0. The molecule has 0 radical (unpaired) electrons. The van der Waals surface area contributed by atoms with Crippen LogP contribution in [0.5, 0.6) is 0 Å². The van der Waals surface area contributed by atoms with Gasteiger partial charge in [0.25, 0.3) is 10.2 Å². The molecule has 2 rings (SSSR count). The zero-order chi connectivity index (χ0) is 13.2. The van der Waals surface area contributed by atoms with Crippen LogP contribution in [0.3, 0.4) is 0 Å². The van der Waals surface area contributed by atoms with Crippen molar-refractivity contribution < 1.29 is 8.42 Å². The van der Waals surface area contributed by atoms with Gasteiger partial charge in [-0.15, -0.1) is 0 Å². The predicted molar refractivity (Wildman–Crippen MR) is 71.0 cm³/mol. The summed E-state index contributed by atoms with van der Waals surface area (Å²) in [5.74, 6) is 0. The van der Waals surface area contributed by atoms with E-state index in [4.69, 9.17) is 5.14 Å². The molecule has 1 unspecified atom stereocenters. The van der Waals surface area contributed by atoms with Gasteiger partial charge in [0.1, 0.15) is 0 Å². The Labute approximate surface area is 108 Å². The molecule has 1 heterocycles. The summed E-state index contributed by atoms with van der Waals surface area (Å²) in [6.45, 7) is 2.50. The fraction of sp³-hybridized carbons (Fsp3) is 0.500. The highest BCUT2D eigenvalue weighted by Crippen LogP contribution is 2.18. The highest BCUT2D eigenvalue weighted by molar-refractivity contribution is 7.86. The van der Waals surface area contributed by atoms with Gasteiger partial charge in [-0.2, -0.15) is 12.7 Å². The Morgan fingerprint density at radius 2 is 2.06 bits per heavy atom. The molecule has 0 saturated carbocycles. The van der Waals surface area contributed by atoms with Crippen molar-refractivity contribution in [3.05, 3.63) is 35.9 Å². The minimum Gasteiger partial charge on any atom is -0.297 e. The standard InChI is InChI=1S/C12H19N3O2S/c1-14(18(13,16)17)12-7-8-15(10-12)9-11-5-3-2-4-6-11/h2-6,12H,7-10H2,1H3,(H2,13,16,17). The molecule has 2 N–H and O–H groups in total. The van der Waals surface area contributed by atoms with E-state index in [1.807, 2.05) is 18.2 Å². The molecular weight excluding hydrogens is 250 g/mol.